The van der Waals surface area contributed by atoms with Gasteiger partial charge in [-0.3, -0.25) is 14.4 Å². The Morgan fingerprint density at radius 2 is 1.75 bits per heavy atom. The Balaban J connectivity index is 1.64. The molecule has 1 aromatic rings. The first-order valence-corrected chi connectivity index (χ1v) is 12.8. The van der Waals surface area contributed by atoms with E-state index in [1.165, 1.54) is 4.90 Å². The minimum atomic E-state index is -1.30. The molecule has 0 saturated carbocycles. The number of likely N-dealkylation sites (tertiary alicyclic amines) is 1. The molecule has 3 amide bonds. The number of benzene rings is 1. The van der Waals surface area contributed by atoms with E-state index in [0.717, 1.165) is 23.2 Å². The first-order valence-electron chi connectivity index (χ1n) is 12.8. The number of aliphatic hydroxyl groups excluding tert-OH is 1. The van der Waals surface area contributed by atoms with Crippen LogP contribution in [0.3, 0.4) is 0 Å². The number of fused-ring (bicyclic) bond motifs is 2. The van der Waals surface area contributed by atoms with E-state index in [1.807, 2.05) is 70.2 Å². The van der Waals surface area contributed by atoms with E-state index in [0.29, 0.717) is 19.6 Å². The molecule has 4 aliphatic rings. The van der Waals surface area contributed by atoms with Gasteiger partial charge < -0.3 is 24.5 Å². The largest absolute Gasteiger partial charge is 0.395 e. The summed E-state index contributed by atoms with van der Waals surface area (Å²) < 4.78 is 6.77. The fourth-order valence-corrected chi connectivity index (χ4v) is 6.62. The second kappa shape index (κ2) is 8.85. The van der Waals surface area contributed by atoms with Gasteiger partial charge in [0.25, 0.3) is 5.91 Å². The van der Waals surface area contributed by atoms with E-state index in [2.05, 4.69) is 0 Å². The zero-order chi connectivity index (χ0) is 25.8. The number of anilines is 1. The molecule has 4 heterocycles. The maximum atomic E-state index is 14.3. The topological polar surface area (TPSA) is 90.4 Å². The minimum Gasteiger partial charge on any atom is -0.395 e. The minimum absolute atomic E-state index is 0.00251. The van der Waals surface area contributed by atoms with Crippen molar-refractivity contribution < 1.29 is 24.2 Å². The zero-order valence-corrected chi connectivity index (χ0v) is 21.4. The molecule has 1 aromatic carbocycles. The van der Waals surface area contributed by atoms with Crippen LogP contribution in [0.25, 0.3) is 0 Å². The zero-order valence-electron chi connectivity index (χ0n) is 21.4. The van der Waals surface area contributed by atoms with Crippen molar-refractivity contribution in [2.24, 2.45) is 11.8 Å². The molecule has 4 aliphatic heterocycles. The lowest BCUT2D eigenvalue weighted by Gasteiger charge is -2.37. The maximum absolute atomic E-state index is 14.3. The first-order chi connectivity index (χ1) is 17.2. The van der Waals surface area contributed by atoms with Crippen LogP contribution in [0.2, 0.25) is 0 Å². The number of carbonyl (C=O) groups is 3. The molecule has 0 bridgehead atoms. The summed E-state index contributed by atoms with van der Waals surface area (Å²) in [7, 11) is 0. The number of hydrogen-bond donors (Lipinski definition) is 1. The van der Waals surface area contributed by atoms with Gasteiger partial charge >= 0.3 is 0 Å². The first kappa shape index (κ1) is 24.7. The highest BCUT2D eigenvalue weighted by atomic mass is 16.5. The lowest BCUT2D eigenvalue weighted by Crippen LogP contribution is -2.56. The van der Waals surface area contributed by atoms with E-state index in [4.69, 9.17) is 4.74 Å². The van der Waals surface area contributed by atoms with Crippen molar-refractivity contribution in [3.8, 4) is 0 Å². The normalized spacial score (nSPS) is 33.5. The molecule has 5 atom stereocenters. The number of carbonyl (C=O) groups excluding carboxylic acids is 3. The third-order valence-corrected chi connectivity index (χ3v) is 8.13. The van der Waals surface area contributed by atoms with Crippen LogP contribution in [-0.4, -0.2) is 82.7 Å². The average molecular weight is 494 g/mol. The highest BCUT2D eigenvalue weighted by Crippen LogP contribution is 2.57. The summed E-state index contributed by atoms with van der Waals surface area (Å²) in [5, 5.41) is 9.84. The lowest BCUT2D eigenvalue weighted by molar-refractivity contribution is -0.148. The summed E-state index contributed by atoms with van der Waals surface area (Å²) in [5.41, 5.74) is 0.431. The molecule has 2 fully saturated rings. The number of nitrogens with zero attached hydrogens (tertiary/aromatic N) is 3. The van der Waals surface area contributed by atoms with Gasteiger partial charge in [0.05, 0.1) is 24.0 Å². The molecule has 5 rings (SSSR count). The standard InChI is InChI=1S/C28H35N3O5/c1-5-12-29-13-6-10-27(4)21(24(29)33)22-25(34)31(15-16-32)23-26(35)30(14-7-11-28(22,23)36-27)20-17-18(2)8-9-19(20)3/h6-11,17,21-23,32H,5,12-16H2,1-4H3/t21-,22+,23?,27+,28+/m1/s1. The SMILES string of the molecule is CCCN1CC=C[C@]2(C)O[C@]34C=CCN(c5cc(C)ccc5C)C(=O)C3N(CCO)C(=O)[C@@H]4[C@@H]2C1=O. The van der Waals surface area contributed by atoms with Crippen LogP contribution >= 0.6 is 0 Å². The van der Waals surface area contributed by atoms with Crippen molar-refractivity contribution in [2.75, 3.05) is 37.7 Å². The molecule has 1 spiro atoms. The molecule has 8 heteroatoms. The number of aliphatic hydroxyl groups is 1. The summed E-state index contributed by atoms with van der Waals surface area (Å²) in [6.07, 6.45) is 8.35. The molecular formula is C28H35N3O5. The van der Waals surface area contributed by atoms with Crippen LogP contribution in [0.4, 0.5) is 5.69 Å². The summed E-state index contributed by atoms with van der Waals surface area (Å²) in [4.78, 5) is 47.1. The van der Waals surface area contributed by atoms with Crippen molar-refractivity contribution in [1.29, 1.82) is 0 Å². The Morgan fingerprint density at radius 1 is 1.00 bits per heavy atom. The van der Waals surface area contributed by atoms with E-state index in [9.17, 15) is 19.5 Å². The van der Waals surface area contributed by atoms with Crippen LogP contribution in [0.5, 0.6) is 0 Å². The Labute approximate surface area is 212 Å². The average Bonchev–Trinajstić information content (AvgIpc) is 3.09. The van der Waals surface area contributed by atoms with Crippen LogP contribution < -0.4 is 4.90 Å². The van der Waals surface area contributed by atoms with Crippen molar-refractivity contribution >= 4 is 23.4 Å². The molecule has 36 heavy (non-hydrogen) atoms. The van der Waals surface area contributed by atoms with Gasteiger partial charge in [-0.1, -0.05) is 43.4 Å². The Hall–Kier alpha value is -2.97. The van der Waals surface area contributed by atoms with E-state index < -0.39 is 29.1 Å². The van der Waals surface area contributed by atoms with Crippen LogP contribution in [0, 0.1) is 25.7 Å². The van der Waals surface area contributed by atoms with Gasteiger partial charge in [0.1, 0.15) is 11.6 Å². The Bertz CT molecular complexity index is 1160. The number of hydrogen-bond acceptors (Lipinski definition) is 5. The van der Waals surface area contributed by atoms with Gasteiger partial charge in [-0.05, 0) is 44.4 Å². The van der Waals surface area contributed by atoms with E-state index in [1.54, 1.807) is 9.80 Å². The van der Waals surface area contributed by atoms with Crippen molar-refractivity contribution in [2.45, 2.75) is 51.4 Å². The fraction of sp³-hybridized carbons (Fsp3) is 0.536. The molecule has 0 aromatic heterocycles. The van der Waals surface area contributed by atoms with Crippen LogP contribution in [0.15, 0.2) is 42.5 Å². The highest BCUT2D eigenvalue weighted by Gasteiger charge is 2.74. The third kappa shape index (κ3) is 3.45. The third-order valence-electron chi connectivity index (χ3n) is 8.13. The smallest absolute Gasteiger partial charge is 0.253 e. The van der Waals surface area contributed by atoms with Gasteiger partial charge in [0.15, 0.2) is 0 Å². The molecule has 2 saturated heterocycles. The van der Waals surface area contributed by atoms with Crippen molar-refractivity contribution in [1.82, 2.24) is 9.80 Å². The molecular weight excluding hydrogens is 458 g/mol. The monoisotopic (exact) mass is 493 g/mol. The fourth-order valence-electron chi connectivity index (χ4n) is 6.62. The summed E-state index contributed by atoms with van der Waals surface area (Å²) >= 11 is 0. The van der Waals surface area contributed by atoms with Crippen molar-refractivity contribution in [3.05, 3.63) is 53.6 Å². The summed E-state index contributed by atoms with van der Waals surface area (Å²) in [6, 6.07) is 4.97. The second-order valence-corrected chi connectivity index (χ2v) is 10.6. The number of aryl methyl sites for hydroxylation is 2. The van der Waals surface area contributed by atoms with Gasteiger partial charge in [-0.25, -0.2) is 0 Å². The number of β-amino-alcohol motifs (C(OH)–C–C–N with tert-alkyl or cyclic N) is 1. The summed E-state index contributed by atoms with van der Waals surface area (Å²) in [5.74, 6) is -2.32. The summed E-state index contributed by atoms with van der Waals surface area (Å²) in [6.45, 7) is 8.88. The molecule has 0 radical (unpaired) electrons. The van der Waals surface area contributed by atoms with Gasteiger partial charge in [0, 0.05) is 31.9 Å². The lowest BCUT2D eigenvalue weighted by atomic mass is 9.74. The molecule has 192 valence electrons. The van der Waals surface area contributed by atoms with Gasteiger partial charge in [0.2, 0.25) is 11.8 Å². The van der Waals surface area contributed by atoms with E-state index in [-0.39, 0.29) is 30.9 Å². The van der Waals surface area contributed by atoms with Crippen LogP contribution in [0.1, 0.15) is 31.4 Å². The van der Waals surface area contributed by atoms with Gasteiger partial charge in [-0.2, -0.15) is 0 Å². The van der Waals surface area contributed by atoms with Crippen molar-refractivity contribution in [3.63, 3.8) is 0 Å². The Kier molecular flexibility index (Phi) is 6.08. The number of ether oxygens (including phenoxy) is 1. The van der Waals surface area contributed by atoms with E-state index >= 15 is 0 Å². The van der Waals surface area contributed by atoms with Gasteiger partial charge in [-0.15, -0.1) is 0 Å². The highest BCUT2D eigenvalue weighted by molar-refractivity contribution is 6.06. The molecule has 8 nitrogen and oxygen atoms in total. The quantitative estimate of drug-likeness (QED) is 0.634. The predicted octanol–water partition coefficient (Wildman–Crippen LogP) is 1.98. The molecule has 0 aliphatic carbocycles. The molecule has 1 unspecified atom stereocenters. The van der Waals surface area contributed by atoms with Crippen LogP contribution in [-0.2, 0) is 19.1 Å². The maximum Gasteiger partial charge on any atom is 0.253 e. The number of rotatable bonds is 5. The predicted molar refractivity (Wildman–Crippen MR) is 135 cm³/mol. The number of amides is 3. The second-order valence-electron chi connectivity index (χ2n) is 10.6. The molecule has 1 N–H and O–H groups in total. The Morgan fingerprint density at radius 3 is 2.47 bits per heavy atom.